The second-order valence-corrected chi connectivity index (χ2v) is 7.39. The average molecular weight is 280 g/mol. The molecular formula is C14H20N2O2S. The Labute approximate surface area is 115 Å². The minimum absolute atomic E-state index is 0.0291. The van der Waals surface area contributed by atoms with Crippen LogP contribution in [0.1, 0.15) is 33.6 Å². The topological polar surface area (TPSA) is 58.5 Å². The third-order valence-corrected chi connectivity index (χ3v) is 4.93. The van der Waals surface area contributed by atoms with E-state index in [-0.39, 0.29) is 10.3 Å². The molecule has 0 aromatic heterocycles. The first-order chi connectivity index (χ1) is 8.83. The van der Waals surface area contributed by atoms with Crippen molar-refractivity contribution >= 4 is 15.7 Å². The summed E-state index contributed by atoms with van der Waals surface area (Å²) < 4.78 is 24.2. The van der Waals surface area contributed by atoms with Crippen LogP contribution in [0.5, 0.6) is 0 Å². The Morgan fingerprint density at radius 1 is 1.26 bits per heavy atom. The van der Waals surface area contributed by atoms with Gasteiger partial charge in [-0.3, -0.25) is 0 Å². The van der Waals surface area contributed by atoms with Crippen molar-refractivity contribution < 1.29 is 8.42 Å². The summed E-state index contributed by atoms with van der Waals surface area (Å²) in [6.45, 7) is 6.29. The molecule has 1 saturated carbocycles. The lowest BCUT2D eigenvalue weighted by Gasteiger charge is -2.19. The van der Waals surface area contributed by atoms with Gasteiger partial charge in [-0.05, 0) is 30.9 Å². The van der Waals surface area contributed by atoms with Gasteiger partial charge in [-0.25, -0.2) is 4.83 Å². The molecule has 0 bridgehead atoms. The number of nitrogens with one attached hydrogen (secondary N) is 1. The van der Waals surface area contributed by atoms with Crippen LogP contribution < -0.4 is 4.83 Å². The molecule has 0 saturated heterocycles. The lowest BCUT2D eigenvalue weighted by Crippen LogP contribution is -2.27. The first kappa shape index (κ1) is 14.1. The third kappa shape index (κ3) is 2.97. The quantitative estimate of drug-likeness (QED) is 0.865. The molecule has 1 N–H and O–H groups in total. The predicted molar refractivity (Wildman–Crippen MR) is 76.4 cm³/mol. The molecule has 0 spiro atoms. The summed E-state index contributed by atoms with van der Waals surface area (Å²) in [6.07, 6.45) is 2.10. The highest BCUT2D eigenvalue weighted by atomic mass is 32.2. The molecule has 0 radical (unpaired) electrons. The monoisotopic (exact) mass is 280 g/mol. The van der Waals surface area contributed by atoms with E-state index in [0.717, 1.165) is 18.6 Å². The van der Waals surface area contributed by atoms with Gasteiger partial charge in [0.15, 0.2) is 0 Å². The molecule has 0 aliphatic heterocycles. The maximum atomic E-state index is 12.1. The van der Waals surface area contributed by atoms with Crippen molar-refractivity contribution in [2.24, 2.45) is 16.4 Å². The second-order valence-electron chi connectivity index (χ2n) is 5.73. The second kappa shape index (κ2) is 4.96. The molecule has 0 heterocycles. The molecule has 104 valence electrons. The smallest absolute Gasteiger partial charge is 0.200 e. The van der Waals surface area contributed by atoms with Gasteiger partial charge in [0, 0.05) is 11.1 Å². The Kier molecular flexibility index (Phi) is 3.67. The van der Waals surface area contributed by atoms with E-state index in [1.54, 1.807) is 30.3 Å². The summed E-state index contributed by atoms with van der Waals surface area (Å²) in [5.41, 5.74) is 0.908. The molecular weight excluding hydrogens is 260 g/mol. The normalized spacial score (nSPS) is 24.6. The van der Waals surface area contributed by atoms with Crippen LogP contribution in [-0.4, -0.2) is 14.1 Å². The summed E-state index contributed by atoms with van der Waals surface area (Å²) >= 11 is 0. The maximum Gasteiger partial charge on any atom is 0.276 e. The first-order valence-corrected chi connectivity index (χ1v) is 7.96. The number of benzene rings is 1. The lowest BCUT2D eigenvalue weighted by atomic mass is 9.88. The Balaban J connectivity index is 2.23. The van der Waals surface area contributed by atoms with Crippen LogP contribution >= 0.6 is 0 Å². The summed E-state index contributed by atoms with van der Waals surface area (Å²) in [5, 5.41) is 4.18. The first-order valence-electron chi connectivity index (χ1n) is 6.48. The van der Waals surface area contributed by atoms with E-state index in [4.69, 9.17) is 0 Å². The standard InChI is InChI=1S/C14H20N2O2S/c1-11-9-10-14(2,3)13(11)15-16-19(17,18)12-7-5-4-6-8-12/h4-8,11,16H,9-10H2,1-3H3/b15-13-/t11-/m1/s1. The molecule has 1 aromatic carbocycles. The van der Waals surface area contributed by atoms with Crippen LogP contribution in [0.2, 0.25) is 0 Å². The van der Waals surface area contributed by atoms with Crippen molar-refractivity contribution in [2.75, 3.05) is 0 Å². The summed E-state index contributed by atoms with van der Waals surface area (Å²) in [5.74, 6) is 0.327. The van der Waals surface area contributed by atoms with Gasteiger partial charge in [-0.1, -0.05) is 39.0 Å². The zero-order valence-electron chi connectivity index (χ0n) is 11.6. The van der Waals surface area contributed by atoms with Crippen molar-refractivity contribution in [3.8, 4) is 0 Å². The Hall–Kier alpha value is -1.36. The minimum atomic E-state index is -3.56. The molecule has 0 unspecified atom stereocenters. The van der Waals surface area contributed by atoms with Gasteiger partial charge in [0.1, 0.15) is 0 Å². The van der Waals surface area contributed by atoms with E-state index in [1.165, 1.54) is 0 Å². The fourth-order valence-corrected chi connectivity index (χ4v) is 3.37. The predicted octanol–water partition coefficient (Wildman–Crippen LogP) is 2.78. The summed E-state index contributed by atoms with van der Waals surface area (Å²) in [4.78, 5) is 2.60. The van der Waals surface area contributed by atoms with Crippen molar-refractivity contribution in [3.63, 3.8) is 0 Å². The van der Waals surface area contributed by atoms with E-state index in [0.29, 0.717) is 5.92 Å². The average Bonchev–Trinajstić information content (AvgIpc) is 2.62. The molecule has 1 aromatic rings. The highest BCUT2D eigenvalue weighted by molar-refractivity contribution is 7.89. The molecule has 1 fully saturated rings. The fourth-order valence-electron chi connectivity index (χ4n) is 2.53. The van der Waals surface area contributed by atoms with Gasteiger partial charge in [0.25, 0.3) is 10.0 Å². The van der Waals surface area contributed by atoms with E-state index >= 15 is 0 Å². The van der Waals surface area contributed by atoms with Crippen molar-refractivity contribution in [2.45, 2.75) is 38.5 Å². The van der Waals surface area contributed by atoms with E-state index in [2.05, 4.69) is 30.7 Å². The van der Waals surface area contributed by atoms with Gasteiger partial charge in [0.2, 0.25) is 0 Å². The van der Waals surface area contributed by atoms with Gasteiger partial charge >= 0.3 is 0 Å². The van der Waals surface area contributed by atoms with Crippen LogP contribution in [0.3, 0.4) is 0 Å². The van der Waals surface area contributed by atoms with Gasteiger partial charge in [-0.15, -0.1) is 0 Å². The fraction of sp³-hybridized carbons (Fsp3) is 0.500. The van der Waals surface area contributed by atoms with Gasteiger partial charge < -0.3 is 0 Å². The molecule has 1 aliphatic carbocycles. The molecule has 2 rings (SSSR count). The van der Waals surface area contributed by atoms with Crippen LogP contribution in [-0.2, 0) is 10.0 Å². The van der Waals surface area contributed by atoms with Crippen LogP contribution in [0.4, 0.5) is 0 Å². The number of hydrogen-bond donors (Lipinski definition) is 1. The maximum absolute atomic E-state index is 12.1. The Morgan fingerprint density at radius 3 is 2.42 bits per heavy atom. The summed E-state index contributed by atoms with van der Waals surface area (Å²) in [6, 6.07) is 8.30. The van der Waals surface area contributed by atoms with E-state index in [9.17, 15) is 8.42 Å². The lowest BCUT2D eigenvalue weighted by molar-refractivity contribution is 0.505. The van der Waals surface area contributed by atoms with E-state index in [1.807, 2.05) is 0 Å². The van der Waals surface area contributed by atoms with Crippen LogP contribution in [0.25, 0.3) is 0 Å². The van der Waals surface area contributed by atoms with Crippen molar-refractivity contribution in [1.29, 1.82) is 0 Å². The number of hydrogen-bond acceptors (Lipinski definition) is 3. The van der Waals surface area contributed by atoms with Crippen LogP contribution in [0, 0.1) is 11.3 Å². The Morgan fingerprint density at radius 2 is 1.89 bits per heavy atom. The minimum Gasteiger partial charge on any atom is -0.200 e. The molecule has 1 atom stereocenters. The molecule has 1 aliphatic rings. The zero-order chi connectivity index (χ0) is 14.1. The number of hydrazone groups is 1. The molecule has 0 amide bonds. The molecule has 4 nitrogen and oxygen atoms in total. The zero-order valence-corrected chi connectivity index (χ0v) is 12.4. The van der Waals surface area contributed by atoms with E-state index < -0.39 is 10.0 Å². The largest absolute Gasteiger partial charge is 0.276 e. The Bertz CT molecular complexity index is 577. The molecule has 19 heavy (non-hydrogen) atoms. The third-order valence-electron chi connectivity index (χ3n) is 3.70. The van der Waals surface area contributed by atoms with Crippen molar-refractivity contribution in [3.05, 3.63) is 30.3 Å². The SMILES string of the molecule is C[C@@H]1CCC(C)(C)/C1=N\NS(=O)(=O)c1ccccc1. The van der Waals surface area contributed by atoms with Gasteiger partial charge in [-0.2, -0.15) is 13.5 Å². The van der Waals surface area contributed by atoms with Crippen LogP contribution in [0.15, 0.2) is 40.3 Å². The highest BCUT2D eigenvalue weighted by Gasteiger charge is 2.36. The highest BCUT2D eigenvalue weighted by Crippen LogP contribution is 2.38. The number of nitrogens with zero attached hydrogens (tertiary/aromatic N) is 1. The number of rotatable bonds is 3. The number of sulfonamides is 1. The molecule has 5 heteroatoms. The van der Waals surface area contributed by atoms with Gasteiger partial charge in [0.05, 0.1) is 4.90 Å². The summed E-state index contributed by atoms with van der Waals surface area (Å²) in [7, 11) is -3.56. The van der Waals surface area contributed by atoms with Crippen molar-refractivity contribution in [1.82, 2.24) is 4.83 Å².